The fourth-order valence-corrected chi connectivity index (χ4v) is 5.79. The highest BCUT2D eigenvalue weighted by Crippen LogP contribution is 2.27. The molecule has 33 heavy (non-hydrogen) atoms. The molecule has 0 bridgehead atoms. The molecule has 3 aliphatic heterocycles. The van der Waals surface area contributed by atoms with Gasteiger partial charge in [-0.25, -0.2) is 4.98 Å². The largest absolute Gasteiger partial charge is 0.342 e. The molecule has 6 nitrogen and oxygen atoms in total. The molecule has 0 saturated carbocycles. The second kappa shape index (κ2) is 10.2. The lowest BCUT2D eigenvalue weighted by molar-refractivity contribution is -0.133. The topological polar surface area (TPSA) is 58.4 Å². The normalized spacial score (nSPS) is 22.2. The number of carbonyl (C=O) groups excluding carboxylic acids is 1. The maximum atomic E-state index is 13.0. The van der Waals surface area contributed by atoms with Gasteiger partial charge in [0.25, 0.3) is 5.56 Å². The number of piperidine rings is 1. The predicted molar refractivity (Wildman–Crippen MR) is 129 cm³/mol. The summed E-state index contributed by atoms with van der Waals surface area (Å²) in [5.74, 6) is 2.15. The molecule has 2 aromatic rings. The van der Waals surface area contributed by atoms with Crippen LogP contribution in [-0.2, 0) is 24.2 Å². The lowest BCUT2D eigenvalue weighted by atomic mass is 9.90. The summed E-state index contributed by atoms with van der Waals surface area (Å²) in [6, 6.07) is 12.4. The lowest BCUT2D eigenvalue weighted by Crippen LogP contribution is -2.44. The maximum absolute atomic E-state index is 13.0. The Kier molecular flexibility index (Phi) is 6.91. The van der Waals surface area contributed by atoms with E-state index in [1.165, 1.54) is 12.0 Å². The van der Waals surface area contributed by atoms with Crippen molar-refractivity contribution in [2.24, 2.45) is 5.92 Å². The highest BCUT2D eigenvalue weighted by atomic mass is 16.2. The van der Waals surface area contributed by atoms with Crippen molar-refractivity contribution < 1.29 is 4.79 Å². The third kappa shape index (κ3) is 5.37. The SMILES string of the molecule is O=C(CN1CC[C@H](c2cc(=O)n3c(n2)CCCCC3)C1)N1CCC(Cc2ccccc2)CC1. The number of benzene rings is 1. The van der Waals surface area contributed by atoms with E-state index in [-0.39, 0.29) is 17.4 Å². The van der Waals surface area contributed by atoms with Crippen molar-refractivity contribution in [3.63, 3.8) is 0 Å². The molecule has 4 heterocycles. The van der Waals surface area contributed by atoms with Gasteiger partial charge in [-0.05, 0) is 56.6 Å². The fraction of sp³-hybridized carbons (Fsp3) is 0.593. The van der Waals surface area contributed by atoms with E-state index in [0.717, 1.165) is 89.2 Å². The molecular formula is C27H36N4O2. The second-order valence-electron chi connectivity index (χ2n) is 10.1. The summed E-state index contributed by atoms with van der Waals surface area (Å²) in [6.07, 6.45) is 8.52. The number of fused-ring (bicyclic) bond motifs is 1. The van der Waals surface area contributed by atoms with Crippen LogP contribution in [0.4, 0.5) is 0 Å². The minimum Gasteiger partial charge on any atom is -0.342 e. The minimum absolute atomic E-state index is 0.102. The van der Waals surface area contributed by atoms with Crippen LogP contribution in [0.15, 0.2) is 41.2 Å². The number of carbonyl (C=O) groups is 1. The number of hydrogen-bond donors (Lipinski definition) is 0. The second-order valence-corrected chi connectivity index (χ2v) is 10.1. The lowest BCUT2D eigenvalue weighted by Gasteiger charge is -2.33. The van der Waals surface area contributed by atoms with Gasteiger partial charge in [-0.3, -0.25) is 19.1 Å². The first-order valence-corrected chi connectivity index (χ1v) is 12.8. The summed E-state index contributed by atoms with van der Waals surface area (Å²) in [5, 5.41) is 0. The molecule has 0 unspecified atom stereocenters. The predicted octanol–water partition coefficient (Wildman–Crippen LogP) is 3.24. The van der Waals surface area contributed by atoms with Crippen molar-refractivity contribution >= 4 is 5.91 Å². The fourth-order valence-electron chi connectivity index (χ4n) is 5.79. The minimum atomic E-state index is 0.102. The van der Waals surface area contributed by atoms with Gasteiger partial charge in [0.2, 0.25) is 5.91 Å². The zero-order valence-electron chi connectivity index (χ0n) is 19.6. The van der Waals surface area contributed by atoms with Gasteiger partial charge in [0.05, 0.1) is 12.2 Å². The van der Waals surface area contributed by atoms with E-state index in [1.807, 2.05) is 4.57 Å². The quantitative estimate of drug-likeness (QED) is 0.705. The highest BCUT2D eigenvalue weighted by Gasteiger charge is 2.30. The van der Waals surface area contributed by atoms with E-state index in [1.54, 1.807) is 6.07 Å². The molecule has 1 atom stereocenters. The Bertz CT molecular complexity index is 1010. The van der Waals surface area contributed by atoms with Crippen LogP contribution in [0.3, 0.4) is 0 Å². The average molecular weight is 449 g/mol. The van der Waals surface area contributed by atoms with E-state index in [9.17, 15) is 9.59 Å². The van der Waals surface area contributed by atoms with Crippen molar-refractivity contribution in [2.75, 3.05) is 32.7 Å². The average Bonchev–Trinajstić information content (AvgIpc) is 3.16. The summed E-state index contributed by atoms with van der Waals surface area (Å²) in [4.78, 5) is 34.8. The van der Waals surface area contributed by atoms with Crippen LogP contribution in [0.25, 0.3) is 0 Å². The van der Waals surface area contributed by atoms with Crippen LogP contribution < -0.4 is 5.56 Å². The number of aryl methyl sites for hydroxylation is 1. The first kappa shape index (κ1) is 22.3. The molecule has 176 valence electrons. The van der Waals surface area contributed by atoms with E-state index in [4.69, 9.17) is 4.98 Å². The summed E-state index contributed by atoms with van der Waals surface area (Å²) >= 11 is 0. The summed E-state index contributed by atoms with van der Waals surface area (Å²) in [6.45, 7) is 4.76. The van der Waals surface area contributed by atoms with Gasteiger partial charge in [0.1, 0.15) is 5.82 Å². The van der Waals surface area contributed by atoms with Crippen LogP contribution in [0.2, 0.25) is 0 Å². The van der Waals surface area contributed by atoms with Crippen molar-refractivity contribution in [1.82, 2.24) is 19.4 Å². The smallest absolute Gasteiger partial charge is 0.253 e. The summed E-state index contributed by atoms with van der Waals surface area (Å²) < 4.78 is 1.87. The Morgan fingerprint density at radius 3 is 2.61 bits per heavy atom. The van der Waals surface area contributed by atoms with Gasteiger partial charge < -0.3 is 4.90 Å². The number of rotatable bonds is 5. The number of hydrogen-bond acceptors (Lipinski definition) is 4. The zero-order valence-corrected chi connectivity index (χ0v) is 19.6. The Hall–Kier alpha value is -2.47. The Balaban J connectivity index is 1.12. The molecule has 3 aliphatic rings. The molecule has 0 radical (unpaired) electrons. The number of aromatic nitrogens is 2. The van der Waals surface area contributed by atoms with Crippen molar-refractivity contribution in [3.8, 4) is 0 Å². The van der Waals surface area contributed by atoms with Gasteiger partial charge in [0, 0.05) is 44.6 Å². The summed E-state index contributed by atoms with van der Waals surface area (Å²) in [5.41, 5.74) is 2.44. The summed E-state index contributed by atoms with van der Waals surface area (Å²) in [7, 11) is 0. The molecular weight excluding hydrogens is 412 g/mol. The standard InChI is InChI=1S/C27H36N4O2/c32-26-18-24(28-25-9-5-2-6-13-31(25)26)23-12-14-29(19-23)20-27(33)30-15-10-22(11-16-30)17-21-7-3-1-4-8-21/h1,3-4,7-8,18,22-23H,2,5-6,9-17,19-20H2/t23-/m0/s1. The molecule has 0 N–H and O–H groups in total. The Morgan fingerprint density at radius 1 is 0.970 bits per heavy atom. The molecule has 1 amide bonds. The first-order valence-electron chi connectivity index (χ1n) is 12.8. The van der Waals surface area contributed by atoms with E-state index in [0.29, 0.717) is 12.5 Å². The van der Waals surface area contributed by atoms with E-state index >= 15 is 0 Å². The number of likely N-dealkylation sites (tertiary alicyclic amines) is 2. The van der Waals surface area contributed by atoms with Gasteiger partial charge in [-0.1, -0.05) is 36.8 Å². The third-order valence-electron chi connectivity index (χ3n) is 7.77. The van der Waals surface area contributed by atoms with Gasteiger partial charge >= 0.3 is 0 Å². The number of amides is 1. The van der Waals surface area contributed by atoms with Crippen molar-refractivity contribution in [3.05, 3.63) is 63.8 Å². The molecule has 1 aromatic carbocycles. The molecule has 0 aliphatic carbocycles. The molecule has 2 saturated heterocycles. The monoisotopic (exact) mass is 448 g/mol. The van der Waals surface area contributed by atoms with E-state index in [2.05, 4.69) is 40.1 Å². The number of nitrogens with zero attached hydrogens (tertiary/aromatic N) is 4. The molecule has 1 aromatic heterocycles. The van der Waals surface area contributed by atoms with E-state index < -0.39 is 0 Å². The van der Waals surface area contributed by atoms with Gasteiger partial charge in [-0.2, -0.15) is 0 Å². The molecule has 0 spiro atoms. The first-order chi connectivity index (χ1) is 16.2. The van der Waals surface area contributed by atoms with Gasteiger partial charge in [0.15, 0.2) is 0 Å². The highest BCUT2D eigenvalue weighted by molar-refractivity contribution is 5.78. The third-order valence-corrected chi connectivity index (χ3v) is 7.77. The molecule has 6 heteroatoms. The zero-order chi connectivity index (χ0) is 22.6. The molecule has 5 rings (SSSR count). The molecule has 2 fully saturated rings. The Labute approximate surface area is 196 Å². The van der Waals surface area contributed by atoms with Gasteiger partial charge in [-0.15, -0.1) is 0 Å². The van der Waals surface area contributed by atoms with Crippen LogP contribution in [0.5, 0.6) is 0 Å². The van der Waals surface area contributed by atoms with Crippen LogP contribution in [-0.4, -0.2) is 58.0 Å². The Morgan fingerprint density at radius 2 is 1.79 bits per heavy atom. The maximum Gasteiger partial charge on any atom is 0.253 e. The van der Waals surface area contributed by atoms with Crippen LogP contribution in [0.1, 0.15) is 61.5 Å². The van der Waals surface area contributed by atoms with Crippen LogP contribution >= 0.6 is 0 Å². The van der Waals surface area contributed by atoms with Crippen LogP contribution in [0, 0.1) is 5.92 Å². The van der Waals surface area contributed by atoms with Crippen molar-refractivity contribution in [1.29, 1.82) is 0 Å². The van der Waals surface area contributed by atoms with Crippen molar-refractivity contribution in [2.45, 2.75) is 63.8 Å².